The van der Waals surface area contributed by atoms with Crippen molar-refractivity contribution in [3.05, 3.63) is 76.9 Å². The summed E-state index contributed by atoms with van der Waals surface area (Å²) in [6, 6.07) is 16.2. The molecule has 2 aromatic carbocycles. The standard InChI is InChI=1S/C23H21N5O2/c1-15-6-2-3-7-18(15)26-22(29)20-19-8-4-5-13-28(19)21(27-20)23(30)25-17-11-9-16(14-24)10-12-17/h2-3,6-7,9-12H,4-5,8,13H2,1H3,(H,25,30)(H,26,29). The lowest BCUT2D eigenvalue weighted by atomic mass is 10.1. The second-order valence-corrected chi connectivity index (χ2v) is 7.25. The fourth-order valence-electron chi connectivity index (χ4n) is 3.61. The molecule has 1 aliphatic rings. The van der Waals surface area contributed by atoms with Crippen LogP contribution >= 0.6 is 0 Å². The highest BCUT2D eigenvalue weighted by Crippen LogP contribution is 2.23. The molecule has 0 saturated carbocycles. The average molecular weight is 399 g/mol. The van der Waals surface area contributed by atoms with Gasteiger partial charge in [0.2, 0.25) is 0 Å². The van der Waals surface area contributed by atoms with Gasteiger partial charge in [0.25, 0.3) is 11.8 Å². The molecule has 30 heavy (non-hydrogen) atoms. The van der Waals surface area contributed by atoms with Crippen molar-refractivity contribution in [3.8, 4) is 6.07 Å². The second kappa shape index (κ2) is 8.21. The number of fused-ring (bicyclic) bond motifs is 1. The fourth-order valence-corrected chi connectivity index (χ4v) is 3.61. The predicted molar refractivity (Wildman–Crippen MR) is 113 cm³/mol. The zero-order chi connectivity index (χ0) is 21.1. The molecular weight excluding hydrogens is 378 g/mol. The van der Waals surface area contributed by atoms with Gasteiger partial charge in [0.1, 0.15) is 0 Å². The van der Waals surface area contributed by atoms with Crippen LogP contribution in [0.5, 0.6) is 0 Å². The molecule has 3 aromatic rings. The first-order valence-electron chi connectivity index (χ1n) is 9.84. The van der Waals surface area contributed by atoms with Gasteiger partial charge in [-0.05, 0) is 62.1 Å². The lowest BCUT2D eigenvalue weighted by Gasteiger charge is -2.17. The molecule has 7 heteroatoms. The summed E-state index contributed by atoms with van der Waals surface area (Å²) in [5.41, 5.74) is 3.85. The van der Waals surface area contributed by atoms with Gasteiger partial charge >= 0.3 is 0 Å². The molecular formula is C23H21N5O2. The number of carbonyl (C=O) groups is 2. The molecule has 150 valence electrons. The highest BCUT2D eigenvalue weighted by molar-refractivity contribution is 6.07. The van der Waals surface area contributed by atoms with Crippen molar-refractivity contribution in [1.82, 2.24) is 9.55 Å². The molecule has 0 fully saturated rings. The Morgan fingerprint density at radius 1 is 1.03 bits per heavy atom. The van der Waals surface area contributed by atoms with Crippen LogP contribution in [0.4, 0.5) is 11.4 Å². The Morgan fingerprint density at radius 3 is 2.53 bits per heavy atom. The molecule has 7 nitrogen and oxygen atoms in total. The van der Waals surface area contributed by atoms with Gasteiger partial charge in [-0.15, -0.1) is 0 Å². The van der Waals surface area contributed by atoms with Gasteiger partial charge in [0.05, 0.1) is 17.3 Å². The van der Waals surface area contributed by atoms with Crippen LogP contribution in [0.1, 0.15) is 50.8 Å². The summed E-state index contributed by atoms with van der Waals surface area (Å²) in [5.74, 6) is -0.464. The Balaban J connectivity index is 1.62. The van der Waals surface area contributed by atoms with Crippen LogP contribution in [0, 0.1) is 18.3 Å². The number of nitriles is 1. The molecule has 1 aliphatic heterocycles. The number of anilines is 2. The second-order valence-electron chi connectivity index (χ2n) is 7.25. The van der Waals surface area contributed by atoms with E-state index in [-0.39, 0.29) is 17.6 Å². The maximum atomic E-state index is 13.0. The number of carbonyl (C=O) groups excluding carboxylic acids is 2. The molecule has 0 spiro atoms. The first-order chi connectivity index (χ1) is 14.6. The monoisotopic (exact) mass is 399 g/mol. The van der Waals surface area contributed by atoms with Crippen LogP contribution in [0.3, 0.4) is 0 Å². The van der Waals surface area contributed by atoms with E-state index in [1.807, 2.05) is 41.8 Å². The summed E-state index contributed by atoms with van der Waals surface area (Å²) in [7, 11) is 0. The third-order valence-electron chi connectivity index (χ3n) is 5.20. The number of amides is 2. The minimum absolute atomic E-state index is 0.226. The van der Waals surface area contributed by atoms with Crippen LogP contribution in [-0.4, -0.2) is 21.4 Å². The Labute approximate surface area is 174 Å². The molecule has 0 atom stereocenters. The normalized spacial score (nSPS) is 12.5. The lowest BCUT2D eigenvalue weighted by molar-refractivity contribution is 0.101. The summed E-state index contributed by atoms with van der Waals surface area (Å²) < 4.78 is 1.84. The van der Waals surface area contributed by atoms with Crippen molar-refractivity contribution in [2.45, 2.75) is 32.7 Å². The van der Waals surface area contributed by atoms with E-state index in [0.717, 1.165) is 29.8 Å². The average Bonchev–Trinajstić information content (AvgIpc) is 3.16. The Kier molecular flexibility index (Phi) is 5.31. The summed E-state index contributed by atoms with van der Waals surface area (Å²) in [6.07, 6.45) is 2.58. The molecule has 2 heterocycles. The Morgan fingerprint density at radius 2 is 1.80 bits per heavy atom. The summed E-state index contributed by atoms with van der Waals surface area (Å²) in [5, 5.41) is 14.6. The van der Waals surface area contributed by atoms with Crippen molar-refractivity contribution in [3.63, 3.8) is 0 Å². The highest BCUT2D eigenvalue weighted by Gasteiger charge is 2.27. The number of aryl methyl sites for hydroxylation is 1. The van der Waals surface area contributed by atoms with Gasteiger partial charge in [-0.3, -0.25) is 9.59 Å². The van der Waals surface area contributed by atoms with Crippen molar-refractivity contribution in [1.29, 1.82) is 5.26 Å². The number of para-hydroxylation sites is 1. The van der Waals surface area contributed by atoms with E-state index in [2.05, 4.69) is 15.6 Å². The molecule has 0 unspecified atom stereocenters. The van der Waals surface area contributed by atoms with Gasteiger partial charge in [-0.25, -0.2) is 4.98 Å². The molecule has 0 bridgehead atoms. The summed E-state index contributed by atoms with van der Waals surface area (Å²) in [6.45, 7) is 2.57. The first kappa shape index (κ1) is 19.4. The van der Waals surface area contributed by atoms with Gasteiger partial charge in [0, 0.05) is 17.9 Å². The highest BCUT2D eigenvalue weighted by atomic mass is 16.2. The van der Waals surface area contributed by atoms with Gasteiger partial charge in [-0.2, -0.15) is 5.26 Å². The van der Waals surface area contributed by atoms with E-state index in [4.69, 9.17) is 5.26 Å². The number of nitrogens with one attached hydrogen (secondary N) is 2. The predicted octanol–water partition coefficient (Wildman–Crippen LogP) is 3.90. The van der Waals surface area contributed by atoms with E-state index in [0.29, 0.717) is 29.9 Å². The number of aromatic nitrogens is 2. The minimum atomic E-state index is -0.377. The van der Waals surface area contributed by atoms with Crippen LogP contribution in [0.15, 0.2) is 48.5 Å². The zero-order valence-corrected chi connectivity index (χ0v) is 16.6. The number of nitrogens with zero attached hydrogens (tertiary/aromatic N) is 3. The Bertz CT molecular complexity index is 1160. The third kappa shape index (κ3) is 3.80. The summed E-state index contributed by atoms with van der Waals surface area (Å²) >= 11 is 0. The van der Waals surface area contributed by atoms with Crippen LogP contribution < -0.4 is 10.6 Å². The van der Waals surface area contributed by atoms with E-state index >= 15 is 0 Å². The maximum absolute atomic E-state index is 13.0. The molecule has 0 saturated heterocycles. The van der Waals surface area contributed by atoms with Gasteiger partial charge in [0.15, 0.2) is 11.5 Å². The van der Waals surface area contributed by atoms with E-state index < -0.39 is 0 Å². The largest absolute Gasteiger partial charge is 0.323 e. The van der Waals surface area contributed by atoms with Crippen LogP contribution in [0.25, 0.3) is 0 Å². The van der Waals surface area contributed by atoms with Gasteiger partial charge < -0.3 is 15.2 Å². The molecule has 1 aromatic heterocycles. The summed E-state index contributed by atoms with van der Waals surface area (Å²) in [4.78, 5) is 30.3. The van der Waals surface area contributed by atoms with Crippen molar-refractivity contribution >= 4 is 23.2 Å². The van der Waals surface area contributed by atoms with Crippen molar-refractivity contribution in [2.24, 2.45) is 0 Å². The number of imidazole rings is 1. The zero-order valence-electron chi connectivity index (χ0n) is 16.6. The fraction of sp³-hybridized carbons (Fsp3) is 0.217. The lowest BCUT2D eigenvalue weighted by Crippen LogP contribution is -2.21. The van der Waals surface area contributed by atoms with E-state index in [1.165, 1.54) is 0 Å². The molecule has 4 rings (SSSR count). The van der Waals surface area contributed by atoms with Crippen LogP contribution in [-0.2, 0) is 13.0 Å². The number of rotatable bonds is 4. The number of hydrogen-bond acceptors (Lipinski definition) is 4. The minimum Gasteiger partial charge on any atom is -0.323 e. The molecule has 0 radical (unpaired) electrons. The Hall–Kier alpha value is -3.92. The maximum Gasteiger partial charge on any atom is 0.291 e. The number of benzene rings is 2. The van der Waals surface area contributed by atoms with Crippen molar-refractivity contribution in [2.75, 3.05) is 10.6 Å². The quantitative estimate of drug-likeness (QED) is 0.695. The molecule has 2 N–H and O–H groups in total. The SMILES string of the molecule is Cc1ccccc1NC(=O)c1nc(C(=O)Nc2ccc(C#N)cc2)n2c1CCCC2. The smallest absolute Gasteiger partial charge is 0.291 e. The molecule has 2 amide bonds. The molecule has 0 aliphatic carbocycles. The number of hydrogen-bond donors (Lipinski definition) is 2. The third-order valence-corrected chi connectivity index (χ3v) is 5.20. The van der Waals surface area contributed by atoms with E-state index in [1.54, 1.807) is 24.3 Å². The van der Waals surface area contributed by atoms with E-state index in [9.17, 15) is 9.59 Å². The first-order valence-corrected chi connectivity index (χ1v) is 9.84. The van der Waals surface area contributed by atoms with Crippen molar-refractivity contribution < 1.29 is 9.59 Å². The van der Waals surface area contributed by atoms with Crippen LogP contribution in [0.2, 0.25) is 0 Å². The van der Waals surface area contributed by atoms with Gasteiger partial charge in [-0.1, -0.05) is 18.2 Å². The topological polar surface area (TPSA) is 99.8 Å².